The van der Waals surface area contributed by atoms with Gasteiger partial charge in [0.15, 0.2) is 0 Å². The van der Waals surface area contributed by atoms with Crippen molar-refractivity contribution in [2.24, 2.45) is 0 Å². The molecule has 3 nitrogen and oxygen atoms in total. The molecular weight excluding hydrogens is 279 g/mol. The van der Waals surface area contributed by atoms with Crippen LogP contribution in [-0.4, -0.2) is 40.8 Å². The van der Waals surface area contributed by atoms with Crippen molar-refractivity contribution >= 4 is 0 Å². The Hall–Kier alpha value is -0.970. The molecule has 1 aromatic rings. The first-order valence-corrected chi connectivity index (χ1v) is 8.48. The van der Waals surface area contributed by atoms with Crippen molar-refractivity contribution in [1.29, 1.82) is 0 Å². The van der Waals surface area contributed by atoms with E-state index in [4.69, 9.17) is 0 Å². The van der Waals surface area contributed by atoms with E-state index in [1.165, 1.54) is 25.0 Å². The van der Waals surface area contributed by atoms with Gasteiger partial charge in [0.05, 0.1) is 12.6 Å². The molecule has 0 aromatic heterocycles. The number of hydrogen-bond donors (Lipinski definition) is 2. The highest BCUT2D eigenvalue weighted by molar-refractivity contribution is 5.20. The SMILES string of the molecule is CC(C)N1C2CCC1CC(NC(CO)c1ccc(F)cc1)C2. The van der Waals surface area contributed by atoms with Crippen LogP contribution in [0.15, 0.2) is 24.3 Å². The molecule has 2 heterocycles. The van der Waals surface area contributed by atoms with Crippen LogP contribution in [0.25, 0.3) is 0 Å². The predicted octanol–water partition coefficient (Wildman–Crippen LogP) is 2.85. The molecule has 3 rings (SSSR count). The van der Waals surface area contributed by atoms with Crippen LogP contribution in [-0.2, 0) is 0 Å². The Labute approximate surface area is 132 Å². The average Bonchev–Trinajstić information content (AvgIpc) is 2.78. The molecule has 122 valence electrons. The van der Waals surface area contributed by atoms with E-state index < -0.39 is 0 Å². The Morgan fingerprint density at radius 1 is 1.18 bits per heavy atom. The predicted molar refractivity (Wildman–Crippen MR) is 86.2 cm³/mol. The zero-order valence-electron chi connectivity index (χ0n) is 13.5. The summed E-state index contributed by atoms with van der Waals surface area (Å²) in [5, 5.41) is 13.3. The lowest BCUT2D eigenvalue weighted by Crippen LogP contribution is -2.52. The molecule has 2 N–H and O–H groups in total. The molecule has 0 spiro atoms. The summed E-state index contributed by atoms with van der Waals surface area (Å²) >= 11 is 0. The first-order chi connectivity index (χ1) is 10.6. The highest BCUT2D eigenvalue weighted by Gasteiger charge is 2.42. The van der Waals surface area contributed by atoms with Crippen molar-refractivity contribution in [2.45, 2.75) is 69.7 Å². The first kappa shape index (κ1) is 15.9. The fourth-order valence-electron chi connectivity index (χ4n) is 4.43. The Morgan fingerprint density at radius 2 is 1.77 bits per heavy atom. The molecule has 2 fully saturated rings. The van der Waals surface area contributed by atoms with E-state index in [9.17, 15) is 9.50 Å². The zero-order chi connectivity index (χ0) is 15.7. The minimum Gasteiger partial charge on any atom is -0.394 e. The monoisotopic (exact) mass is 306 g/mol. The second kappa shape index (κ2) is 6.65. The lowest BCUT2D eigenvalue weighted by Gasteiger charge is -2.42. The minimum atomic E-state index is -0.233. The van der Waals surface area contributed by atoms with Gasteiger partial charge >= 0.3 is 0 Å². The van der Waals surface area contributed by atoms with Gasteiger partial charge in [-0.05, 0) is 57.2 Å². The number of benzene rings is 1. The van der Waals surface area contributed by atoms with Crippen LogP contribution in [0.1, 0.15) is 51.1 Å². The summed E-state index contributed by atoms with van der Waals surface area (Å²) in [5.41, 5.74) is 0.961. The molecule has 2 bridgehead atoms. The topological polar surface area (TPSA) is 35.5 Å². The van der Waals surface area contributed by atoms with E-state index in [0.29, 0.717) is 24.2 Å². The van der Waals surface area contributed by atoms with Gasteiger partial charge in [-0.25, -0.2) is 4.39 Å². The van der Waals surface area contributed by atoms with Crippen LogP contribution in [0.4, 0.5) is 4.39 Å². The normalized spacial score (nSPS) is 30.0. The number of piperidine rings is 1. The molecule has 2 aliphatic rings. The molecule has 2 saturated heterocycles. The van der Waals surface area contributed by atoms with E-state index in [2.05, 4.69) is 24.1 Å². The van der Waals surface area contributed by atoms with Crippen LogP contribution < -0.4 is 5.32 Å². The zero-order valence-corrected chi connectivity index (χ0v) is 13.5. The number of aliphatic hydroxyl groups is 1. The van der Waals surface area contributed by atoms with Crippen molar-refractivity contribution in [2.75, 3.05) is 6.61 Å². The van der Waals surface area contributed by atoms with E-state index in [-0.39, 0.29) is 18.5 Å². The quantitative estimate of drug-likeness (QED) is 0.878. The van der Waals surface area contributed by atoms with Crippen molar-refractivity contribution in [1.82, 2.24) is 10.2 Å². The molecule has 3 atom stereocenters. The molecule has 0 aliphatic carbocycles. The van der Waals surface area contributed by atoms with Crippen molar-refractivity contribution in [3.05, 3.63) is 35.6 Å². The van der Waals surface area contributed by atoms with Crippen LogP contribution >= 0.6 is 0 Å². The van der Waals surface area contributed by atoms with E-state index in [1.54, 1.807) is 12.1 Å². The number of nitrogens with one attached hydrogen (secondary N) is 1. The molecule has 0 radical (unpaired) electrons. The maximum absolute atomic E-state index is 13.1. The third-order valence-electron chi connectivity index (χ3n) is 5.28. The lowest BCUT2D eigenvalue weighted by molar-refractivity contribution is 0.0781. The lowest BCUT2D eigenvalue weighted by atomic mass is 9.94. The molecule has 4 heteroatoms. The van der Waals surface area contributed by atoms with Gasteiger partial charge in [-0.15, -0.1) is 0 Å². The van der Waals surface area contributed by atoms with E-state index in [0.717, 1.165) is 18.4 Å². The van der Waals surface area contributed by atoms with Gasteiger partial charge in [0.2, 0.25) is 0 Å². The first-order valence-electron chi connectivity index (χ1n) is 8.48. The minimum absolute atomic E-state index is 0.0470. The van der Waals surface area contributed by atoms with Crippen LogP contribution in [0.5, 0.6) is 0 Å². The molecule has 2 aliphatic heterocycles. The highest BCUT2D eigenvalue weighted by atomic mass is 19.1. The maximum atomic E-state index is 13.1. The molecular formula is C18H27FN2O. The van der Waals surface area contributed by atoms with Gasteiger partial charge in [-0.2, -0.15) is 0 Å². The van der Waals surface area contributed by atoms with Gasteiger partial charge in [-0.1, -0.05) is 12.1 Å². The summed E-state index contributed by atoms with van der Waals surface area (Å²) in [5.74, 6) is -0.233. The number of fused-ring (bicyclic) bond motifs is 2. The molecule has 3 unspecified atom stereocenters. The Morgan fingerprint density at radius 3 is 2.27 bits per heavy atom. The van der Waals surface area contributed by atoms with Crippen molar-refractivity contribution < 1.29 is 9.50 Å². The Kier molecular flexibility index (Phi) is 4.81. The Bertz CT molecular complexity index is 476. The third kappa shape index (κ3) is 3.19. The molecule has 22 heavy (non-hydrogen) atoms. The fourth-order valence-corrected chi connectivity index (χ4v) is 4.43. The molecule has 0 amide bonds. The van der Waals surface area contributed by atoms with Gasteiger partial charge in [0.25, 0.3) is 0 Å². The third-order valence-corrected chi connectivity index (χ3v) is 5.28. The largest absolute Gasteiger partial charge is 0.394 e. The number of halogens is 1. The van der Waals surface area contributed by atoms with Gasteiger partial charge in [-0.3, -0.25) is 4.90 Å². The van der Waals surface area contributed by atoms with Crippen LogP contribution in [0.3, 0.4) is 0 Å². The smallest absolute Gasteiger partial charge is 0.123 e. The standard InChI is InChI=1S/C18H27FN2O/c1-12(2)21-16-7-8-17(21)10-15(9-16)20-18(11-22)13-3-5-14(19)6-4-13/h3-6,12,15-18,20,22H,7-11H2,1-2H3. The van der Waals surface area contributed by atoms with Gasteiger partial charge < -0.3 is 10.4 Å². The van der Waals surface area contributed by atoms with E-state index >= 15 is 0 Å². The number of hydrogen-bond acceptors (Lipinski definition) is 3. The number of aliphatic hydroxyl groups excluding tert-OH is 1. The summed E-state index contributed by atoms with van der Waals surface area (Å²) in [6.07, 6.45) is 4.88. The number of nitrogens with zero attached hydrogens (tertiary/aromatic N) is 1. The Balaban J connectivity index is 1.65. The van der Waals surface area contributed by atoms with Crippen LogP contribution in [0.2, 0.25) is 0 Å². The molecule has 0 saturated carbocycles. The maximum Gasteiger partial charge on any atom is 0.123 e. The van der Waals surface area contributed by atoms with Crippen molar-refractivity contribution in [3.63, 3.8) is 0 Å². The second-order valence-electron chi connectivity index (χ2n) is 7.05. The second-order valence-corrected chi connectivity index (χ2v) is 7.05. The number of rotatable bonds is 5. The summed E-state index contributed by atoms with van der Waals surface area (Å²) in [4.78, 5) is 2.67. The van der Waals surface area contributed by atoms with Gasteiger partial charge in [0, 0.05) is 24.2 Å². The van der Waals surface area contributed by atoms with Gasteiger partial charge in [0.1, 0.15) is 5.82 Å². The summed E-state index contributed by atoms with van der Waals surface area (Å²) in [6.45, 7) is 4.62. The van der Waals surface area contributed by atoms with Crippen LogP contribution in [0, 0.1) is 5.82 Å². The fraction of sp³-hybridized carbons (Fsp3) is 0.667. The summed E-state index contributed by atoms with van der Waals surface area (Å²) in [7, 11) is 0. The summed E-state index contributed by atoms with van der Waals surface area (Å²) in [6, 6.07) is 8.75. The van der Waals surface area contributed by atoms with E-state index in [1.807, 2.05) is 0 Å². The summed E-state index contributed by atoms with van der Waals surface area (Å²) < 4.78 is 13.1. The highest BCUT2D eigenvalue weighted by Crippen LogP contribution is 2.37. The average molecular weight is 306 g/mol. The molecule has 1 aromatic carbocycles. The van der Waals surface area contributed by atoms with Crippen molar-refractivity contribution in [3.8, 4) is 0 Å².